The summed E-state index contributed by atoms with van der Waals surface area (Å²) in [6.07, 6.45) is 11.3. The zero-order valence-corrected chi connectivity index (χ0v) is 13.5. The van der Waals surface area contributed by atoms with Crippen molar-refractivity contribution in [1.82, 2.24) is 9.97 Å². The normalized spacial score (nSPS) is 13.0. The molecular formula is C20H22N2. The highest BCUT2D eigenvalue weighted by Gasteiger charge is 2.08. The molecular weight excluding hydrogens is 268 g/mol. The van der Waals surface area contributed by atoms with E-state index in [1.807, 2.05) is 45.0 Å². The molecule has 0 unspecified atom stereocenters. The lowest BCUT2D eigenvalue weighted by atomic mass is 10.1. The fourth-order valence-corrected chi connectivity index (χ4v) is 2.26. The van der Waals surface area contributed by atoms with E-state index in [2.05, 4.69) is 52.5 Å². The van der Waals surface area contributed by atoms with Crippen LogP contribution in [0.1, 0.15) is 31.8 Å². The highest BCUT2D eigenvalue weighted by Crippen LogP contribution is 2.24. The first-order valence-corrected chi connectivity index (χ1v) is 7.77. The molecule has 0 atom stereocenters. The maximum absolute atomic E-state index is 4.58. The Labute approximate surface area is 133 Å². The van der Waals surface area contributed by atoms with Crippen LogP contribution in [0.15, 0.2) is 66.8 Å². The third-order valence-corrected chi connectivity index (χ3v) is 3.23. The molecule has 0 amide bonds. The number of nitrogens with zero attached hydrogens (tertiary/aromatic N) is 2. The van der Waals surface area contributed by atoms with Crippen LogP contribution in [0.25, 0.3) is 16.8 Å². The zero-order valence-electron chi connectivity index (χ0n) is 13.5. The molecule has 22 heavy (non-hydrogen) atoms. The monoisotopic (exact) mass is 290 g/mol. The molecule has 2 aromatic rings. The maximum Gasteiger partial charge on any atom is 0.126 e. The second kappa shape index (κ2) is 8.08. The lowest BCUT2D eigenvalue weighted by Crippen LogP contribution is -1.97. The summed E-state index contributed by atoms with van der Waals surface area (Å²) < 4.78 is 0. The second-order valence-electron chi connectivity index (χ2n) is 4.76. The topological polar surface area (TPSA) is 25.8 Å². The first-order chi connectivity index (χ1) is 10.8. The third kappa shape index (κ3) is 4.01. The largest absolute Gasteiger partial charge is 0.234 e. The molecule has 1 aromatic heterocycles. The average molecular weight is 290 g/mol. The molecule has 1 aliphatic rings. The van der Waals surface area contributed by atoms with Gasteiger partial charge in [0.1, 0.15) is 5.82 Å². The van der Waals surface area contributed by atoms with Crippen LogP contribution in [-0.4, -0.2) is 9.97 Å². The predicted molar refractivity (Wildman–Crippen MR) is 94.4 cm³/mol. The Morgan fingerprint density at radius 3 is 2.36 bits per heavy atom. The van der Waals surface area contributed by atoms with E-state index in [-0.39, 0.29) is 0 Å². The summed E-state index contributed by atoms with van der Waals surface area (Å²) in [4.78, 5) is 9.13. The quantitative estimate of drug-likeness (QED) is 0.742. The van der Waals surface area contributed by atoms with Crippen molar-refractivity contribution in [2.45, 2.75) is 27.2 Å². The molecule has 2 heteroatoms. The second-order valence-corrected chi connectivity index (χ2v) is 4.76. The summed E-state index contributed by atoms with van der Waals surface area (Å²) in [7, 11) is 0. The van der Waals surface area contributed by atoms with Gasteiger partial charge in [-0.25, -0.2) is 9.97 Å². The fourth-order valence-electron chi connectivity index (χ4n) is 2.26. The van der Waals surface area contributed by atoms with Crippen LogP contribution in [0.4, 0.5) is 0 Å². The molecule has 0 spiro atoms. The van der Waals surface area contributed by atoms with E-state index in [1.165, 1.54) is 5.57 Å². The minimum atomic E-state index is 0.805. The van der Waals surface area contributed by atoms with Gasteiger partial charge in [0.25, 0.3) is 0 Å². The highest BCUT2D eigenvalue weighted by molar-refractivity contribution is 5.70. The highest BCUT2D eigenvalue weighted by atomic mass is 14.9. The Morgan fingerprint density at radius 1 is 0.864 bits per heavy atom. The van der Waals surface area contributed by atoms with E-state index in [9.17, 15) is 0 Å². The van der Waals surface area contributed by atoms with E-state index in [0.29, 0.717) is 0 Å². The molecule has 0 radical (unpaired) electrons. The van der Waals surface area contributed by atoms with Gasteiger partial charge >= 0.3 is 0 Å². The van der Waals surface area contributed by atoms with Gasteiger partial charge in [0.05, 0.1) is 11.4 Å². The van der Waals surface area contributed by atoms with E-state index in [1.54, 1.807) is 0 Å². The predicted octanol–water partition coefficient (Wildman–Crippen LogP) is 5.38. The van der Waals surface area contributed by atoms with E-state index in [4.69, 9.17) is 0 Å². The number of aromatic nitrogens is 2. The van der Waals surface area contributed by atoms with Crippen molar-refractivity contribution in [2.24, 2.45) is 0 Å². The van der Waals surface area contributed by atoms with E-state index in [0.717, 1.165) is 29.2 Å². The van der Waals surface area contributed by atoms with Gasteiger partial charge in [-0.2, -0.15) is 0 Å². The smallest absolute Gasteiger partial charge is 0.126 e. The number of benzene rings is 1. The Balaban J connectivity index is 0.000000847. The summed E-state index contributed by atoms with van der Waals surface area (Å²) in [6, 6.07) is 12.3. The minimum absolute atomic E-state index is 0.805. The van der Waals surface area contributed by atoms with Crippen LogP contribution in [0.2, 0.25) is 0 Å². The summed E-state index contributed by atoms with van der Waals surface area (Å²) in [5.41, 5.74) is 4.33. The number of hydrogen-bond acceptors (Lipinski definition) is 2. The summed E-state index contributed by atoms with van der Waals surface area (Å²) in [5, 5.41) is 0. The molecule has 0 saturated heterocycles. The molecule has 0 saturated carbocycles. The maximum atomic E-state index is 4.58. The number of aryl methyl sites for hydroxylation is 1. The molecule has 1 aromatic carbocycles. The summed E-state index contributed by atoms with van der Waals surface area (Å²) in [6.45, 7) is 5.94. The first kappa shape index (κ1) is 15.9. The van der Waals surface area contributed by atoms with Gasteiger partial charge in [-0.05, 0) is 25.0 Å². The van der Waals surface area contributed by atoms with Crippen molar-refractivity contribution in [3.63, 3.8) is 0 Å². The SMILES string of the molecule is CC.Cc1nc(C2=CC=CC=CC2)cc(-c2ccccc2)n1. The average Bonchev–Trinajstić information content (AvgIpc) is 2.86. The van der Waals surface area contributed by atoms with Gasteiger partial charge in [0.2, 0.25) is 0 Å². The summed E-state index contributed by atoms with van der Waals surface area (Å²) >= 11 is 0. The molecule has 0 aliphatic heterocycles. The van der Waals surface area contributed by atoms with Crippen LogP contribution in [0, 0.1) is 6.92 Å². The van der Waals surface area contributed by atoms with Crippen molar-refractivity contribution in [3.8, 4) is 11.3 Å². The molecule has 3 rings (SSSR count). The van der Waals surface area contributed by atoms with Crippen LogP contribution < -0.4 is 0 Å². The molecule has 1 aliphatic carbocycles. The Kier molecular flexibility index (Phi) is 5.84. The molecule has 0 N–H and O–H groups in total. The summed E-state index contributed by atoms with van der Waals surface area (Å²) in [5.74, 6) is 0.805. The van der Waals surface area contributed by atoms with Crippen molar-refractivity contribution in [1.29, 1.82) is 0 Å². The molecule has 2 nitrogen and oxygen atoms in total. The Hall–Kier alpha value is -2.48. The minimum Gasteiger partial charge on any atom is -0.234 e. The zero-order chi connectivity index (χ0) is 15.8. The number of rotatable bonds is 2. The standard InChI is InChI=1S/C18H16N2.C2H6/c1-14-19-17(15-9-5-2-3-6-10-15)13-18(20-14)16-11-7-4-8-12-16;1-2/h2-9,11-13H,10H2,1H3;1-2H3. The van der Waals surface area contributed by atoms with Gasteiger partial charge in [0.15, 0.2) is 0 Å². The number of hydrogen-bond donors (Lipinski definition) is 0. The van der Waals surface area contributed by atoms with Crippen LogP contribution in [-0.2, 0) is 0 Å². The Morgan fingerprint density at radius 2 is 1.59 bits per heavy atom. The molecule has 112 valence electrons. The van der Waals surface area contributed by atoms with Crippen molar-refractivity contribution < 1.29 is 0 Å². The molecule has 0 bridgehead atoms. The van der Waals surface area contributed by atoms with Crippen LogP contribution >= 0.6 is 0 Å². The van der Waals surface area contributed by atoms with Gasteiger partial charge in [-0.3, -0.25) is 0 Å². The van der Waals surface area contributed by atoms with Crippen molar-refractivity contribution >= 4 is 5.57 Å². The fraction of sp³-hybridized carbons (Fsp3) is 0.200. The van der Waals surface area contributed by atoms with Crippen molar-refractivity contribution in [2.75, 3.05) is 0 Å². The van der Waals surface area contributed by atoms with Gasteiger partial charge in [-0.1, -0.05) is 74.6 Å². The third-order valence-electron chi connectivity index (χ3n) is 3.23. The number of allylic oxidation sites excluding steroid dienone is 6. The van der Waals surface area contributed by atoms with E-state index < -0.39 is 0 Å². The van der Waals surface area contributed by atoms with E-state index >= 15 is 0 Å². The molecule has 1 heterocycles. The first-order valence-electron chi connectivity index (χ1n) is 7.77. The lowest BCUT2D eigenvalue weighted by Gasteiger charge is -2.08. The van der Waals surface area contributed by atoms with Gasteiger partial charge in [-0.15, -0.1) is 0 Å². The Bertz CT molecular complexity index is 695. The van der Waals surface area contributed by atoms with Crippen LogP contribution in [0.5, 0.6) is 0 Å². The molecule has 0 fully saturated rings. The van der Waals surface area contributed by atoms with Gasteiger partial charge in [0, 0.05) is 5.56 Å². The lowest BCUT2D eigenvalue weighted by molar-refractivity contribution is 1.04. The van der Waals surface area contributed by atoms with Gasteiger partial charge < -0.3 is 0 Å². The van der Waals surface area contributed by atoms with Crippen LogP contribution in [0.3, 0.4) is 0 Å². The van der Waals surface area contributed by atoms with Crippen molar-refractivity contribution in [3.05, 3.63) is 78.3 Å².